The number of hydrogen-bond acceptors (Lipinski definition) is 3. The van der Waals surface area contributed by atoms with Gasteiger partial charge in [0.1, 0.15) is 0 Å². The highest BCUT2D eigenvalue weighted by Crippen LogP contribution is 2.20. The summed E-state index contributed by atoms with van der Waals surface area (Å²) in [7, 11) is 0. The van der Waals surface area contributed by atoms with Crippen molar-refractivity contribution in [3.8, 4) is 0 Å². The van der Waals surface area contributed by atoms with Gasteiger partial charge < -0.3 is 5.11 Å². The zero-order chi connectivity index (χ0) is 19.7. The molecule has 2 aromatic rings. The smallest absolute Gasteiger partial charge is 0.327 e. The number of carbonyl (C=O) groups is 1. The predicted molar refractivity (Wildman–Crippen MR) is 114 cm³/mol. The topological polar surface area (TPSA) is 66.6 Å². The Morgan fingerprint density at radius 3 is 1.85 bits per heavy atom. The van der Waals surface area contributed by atoms with E-state index in [1.54, 1.807) is 11.1 Å². The molecule has 0 aliphatic rings. The first-order valence-corrected chi connectivity index (χ1v) is 9.69. The number of anilines is 2. The van der Waals surface area contributed by atoms with E-state index in [1.807, 2.05) is 60.7 Å². The van der Waals surface area contributed by atoms with Crippen LogP contribution in [0.2, 0.25) is 0 Å². The summed E-state index contributed by atoms with van der Waals surface area (Å²) in [5.74, 6) is 5.11. The van der Waals surface area contributed by atoms with E-state index in [-0.39, 0.29) is 0 Å². The number of allylic oxidation sites excluding steroid dienone is 1. The lowest BCUT2D eigenvalue weighted by Crippen LogP contribution is -2.24. The van der Waals surface area contributed by atoms with Crippen LogP contribution in [-0.4, -0.2) is 11.1 Å². The number of aliphatic carboxylic acids is 1. The fraction of sp³-hybridized carbons (Fsp3) is 0.348. The summed E-state index contributed by atoms with van der Waals surface area (Å²) in [6, 6.07) is 19.7. The molecule has 0 saturated heterocycles. The summed E-state index contributed by atoms with van der Waals surface area (Å²) in [5.41, 5.74) is 1.97. The van der Waals surface area contributed by atoms with Crippen molar-refractivity contribution in [2.24, 2.45) is 5.84 Å². The van der Waals surface area contributed by atoms with Crippen molar-refractivity contribution in [2.45, 2.75) is 51.9 Å². The summed E-state index contributed by atoms with van der Waals surface area (Å²) in [4.78, 5) is 10.1. The first-order valence-electron chi connectivity index (χ1n) is 9.69. The Kier molecular flexibility index (Phi) is 12.1. The van der Waals surface area contributed by atoms with Crippen molar-refractivity contribution in [3.05, 3.63) is 72.8 Å². The molecule has 4 nitrogen and oxygen atoms in total. The third-order valence-electron chi connectivity index (χ3n) is 4.05. The van der Waals surface area contributed by atoms with E-state index in [0.717, 1.165) is 24.2 Å². The summed E-state index contributed by atoms with van der Waals surface area (Å²) >= 11 is 0. The summed E-state index contributed by atoms with van der Waals surface area (Å²) in [6.45, 7) is 2.20. The molecule has 0 unspecified atom stereocenters. The molecular weight excluding hydrogens is 336 g/mol. The van der Waals surface area contributed by atoms with Crippen LogP contribution in [-0.2, 0) is 4.79 Å². The lowest BCUT2D eigenvalue weighted by Gasteiger charge is -2.18. The number of hydrogen-bond donors (Lipinski definition) is 2. The maximum atomic E-state index is 10.1. The van der Waals surface area contributed by atoms with Crippen LogP contribution in [0.15, 0.2) is 72.8 Å². The van der Waals surface area contributed by atoms with Crippen molar-refractivity contribution in [1.82, 2.24) is 0 Å². The average molecular weight is 369 g/mol. The summed E-state index contributed by atoms with van der Waals surface area (Å²) in [6.07, 6.45) is 11.4. The van der Waals surface area contributed by atoms with Crippen LogP contribution < -0.4 is 10.9 Å². The molecule has 0 fully saturated rings. The number of unbranched alkanes of at least 4 members (excludes halogenated alkanes) is 6. The summed E-state index contributed by atoms with van der Waals surface area (Å²) < 4.78 is 0. The molecule has 27 heavy (non-hydrogen) atoms. The quantitative estimate of drug-likeness (QED) is 0.231. The molecule has 0 amide bonds. The maximum absolute atomic E-state index is 10.1. The normalized spacial score (nSPS) is 10.3. The minimum atomic E-state index is -0.842. The second-order valence-electron chi connectivity index (χ2n) is 6.34. The minimum Gasteiger partial charge on any atom is -0.478 e. The Morgan fingerprint density at radius 2 is 1.37 bits per heavy atom. The molecule has 0 saturated carbocycles. The van der Waals surface area contributed by atoms with E-state index in [9.17, 15) is 4.79 Å². The molecule has 0 atom stereocenters. The van der Waals surface area contributed by atoms with Gasteiger partial charge in [0, 0.05) is 6.08 Å². The van der Waals surface area contributed by atoms with E-state index in [0.29, 0.717) is 0 Å². The van der Waals surface area contributed by atoms with Crippen molar-refractivity contribution < 1.29 is 9.90 Å². The molecule has 2 aromatic carbocycles. The molecule has 0 aromatic heterocycles. The number of nitrogens with zero attached hydrogens (tertiary/aromatic N) is 1. The highest BCUT2D eigenvalue weighted by atomic mass is 16.4. The standard InChI is InChI=1S/C12H12N2.C11H20O2/c13-14(11-7-3-1-4-8-11)12-9-5-2-6-10-12;1-2-3-4-5-6-7-8-9-10-11(12)13/h1-10H,13H2;9-10H,2-8H2,1H3,(H,12,13). The van der Waals surface area contributed by atoms with Crippen LogP contribution in [0.25, 0.3) is 0 Å². The van der Waals surface area contributed by atoms with Gasteiger partial charge in [-0.2, -0.15) is 0 Å². The minimum absolute atomic E-state index is 0.842. The average Bonchev–Trinajstić information content (AvgIpc) is 2.71. The highest BCUT2D eigenvalue weighted by molar-refractivity contribution is 5.79. The molecule has 146 valence electrons. The van der Waals surface area contributed by atoms with E-state index in [2.05, 4.69) is 6.92 Å². The van der Waals surface area contributed by atoms with Gasteiger partial charge in [-0.15, -0.1) is 0 Å². The molecule has 4 heteroatoms. The van der Waals surface area contributed by atoms with E-state index >= 15 is 0 Å². The van der Waals surface area contributed by atoms with Gasteiger partial charge in [0.15, 0.2) is 0 Å². The molecule has 0 radical (unpaired) electrons. The number of hydrazine groups is 1. The largest absolute Gasteiger partial charge is 0.478 e. The molecule has 0 aliphatic heterocycles. The number of nitrogens with two attached hydrogens (primary N) is 1. The van der Waals surface area contributed by atoms with Gasteiger partial charge in [-0.25, -0.2) is 10.6 Å². The highest BCUT2D eigenvalue weighted by Gasteiger charge is 2.01. The zero-order valence-corrected chi connectivity index (χ0v) is 16.3. The SMILES string of the molecule is CCCCCCCCC=CC(=O)O.NN(c1ccccc1)c1ccccc1. The first-order chi connectivity index (χ1) is 13.1. The van der Waals surface area contributed by atoms with Crippen molar-refractivity contribution >= 4 is 17.3 Å². The van der Waals surface area contributed by atoms with Gasteiger partial charge in [0.05, 0.1) is 11.4 Å². The van der Waals surface area contributed by atoms with Crippen molar-refractivity contribution in [1.29, 1.82) is 0 Å². The number of benzene rings is 2. The van der Waals surface area contributed by atoms with Crippen LogP contribution >= 0.6 is 0 Å². The Labute approximate surface area is 163 Å². The van der Waals surface area contributed by atoms with Crippen molar-refractivity contribution in [3.63, 3.8) is 0 Å². The number of para-hydroxylation sites is 2. The van der Waals surface area contributed by atoms with Crippen LogP contribution in [0.4, 0.5) is 11.4 Å². The van der Waals surface area contributed by atoms with Crippen LogP contribution in [0.1, 0.15) is 51.9 Å². The predicted octanol–water partition coefficient (Wildman–Crippen LogP) is 6.08. The molecule has 2 rings (SSSR count). The zero-order valence-electron chi connectivity index (χ0n) is 16.3. The molecule has 0 spiro atoms. The van der Waals surface area contributed by atoms with E-state index in [1.165, 1.54) is 38.2 Å². The van der Waals surface area contributed by atoms with Gasteiger partial charge in [0.2, 0.25) is 0 Å². The Balaban J connectivity index is 0.000000271. The first kappa shape index (κ1) is 22.5. The second-order valence-corrected chi connectivity index (χ2v) is 6.34. The van der Waals surface area contributed by atoms with Crippen molar-refractivity contribution in [2.75, 3.05) is 5.01 Å². The number of carboxylic acid groups (broad SMARTS) is 1. The Hall–Kier alpha value is -2.59. The number of carboxylic acids is 1. The molecular formula is C23H32N2O2. The number of rotatable bonds is 10. The van der Waals surface area contributed by atoms with Crippen LogP contribution in [0, 0.1) is 0 Å². The van der Waals surface area contributed by atoms with Gasteiger partial charge in [-0.05, 0) is 37.1 Å². The van der Waals surface area contributed by atoms with E-state index in [4.69, 9.17) is 10.9 Å². The molecule has 3 N–H and O–H groups in total. The lowest BCUT2D eigenvalue weighted by atomic mass is 10.1. The Bertz CT molecular complexity index is 602. The maximum Gasteiger partial charge on any atom is 0.327 e. The van der Waals surface area contributed by atoms with Gasteiger partial charge in [0.25, 0.3) is 0 Å². The fourth-order valence-electron chi connectivity index (χ4n) is 2.55. The third-order valence-corrected chi connectivity index (χ3v) is 4.05. The fourth-order valence-corrected chi connectivity index (χ4v) is 2.55. The van der Waals surface area contributed by atoms with Crippen LogP contribution in [0.3, 0.4) is 0 Å². The molecule has 0 bridgehead atoms. The van der Waals surface area contributed by atoms with Gasteiger partial charge in [-0.1, -0.05) is 81.5 Å². The Morgan fingerprint density at radius 1 is 0.889 bits per heavy atom. The van der Waals surface area contributed by atoms with Crippen LogP contribution in [0.5, 0.6) is 0 Å². The summed E-state index contributed by atoms with van der Waals surface area (Å²) in [5, 5.41) is 9.97. The van der Waals surface area contributed by atoms with Gasteiger partial charge >= 0.3 is 5.97 Å². The third kappa shape index (κ3) is 10.9. The molecule has 0 heterocycles. The van der Waals surface area contributed by atoms with Gasteiger partial charge in [-0.3, -0.25) is 5.01 Å². The van der Waals surface area contributed by atoms with E-state index < -0.39 is 5.97 Å². The monoisotopic (exact) mass is 368 g/mol. The second kappa shape index (κ2) is 14.6. The lowest BCUT2D eigenvalue weighted by molar-refractivity contribution is -0.131. The molecule has 0 aliphatic carbocycles.